The molecular weight excluding hydrogens is 308 g/mol. The summed E-state index contributed by atoms with van der Waals surface area (Å²) in [6, 6.07) is 0. The van der Waals surface area contributed by atoms with Gasteiger partial charge >= 0.3 is 0 Å². The quantitative estimate of drug-likeness (QED) is 0.400. The second kappa shape index (κ2) is 5.60. The van der Waals surface area contributed by atoms with Crippen molar-refractivity contribution in [1.82, 2.24) is 19.5 Å². The highest BCUT2D eigenvalue weighted by molar-refractivity contribution is 7.98. The Labute approximate surface area is 130 Å². The summed E-state index contributed by atoms with van der Waals surface area (Å²) in [5.74, 6) is 0. The van der Waals surface area contributed by atoms with Crippen LogP contribution in [0.4, 0.5) is 0 Å². The number of thioether (sulfide) groups is 1. The molecule has 0 unspecified atom stereocenters. The Bertz CT molecular complexity index is 708. The molecule has 0 aliphatic carbocycles. The highest BCUT2D eigenvalue weighted by Crippen LogP contribution is 2.40. The molecule has 0 spiro atoms. The fourth-order valence-electron chi connectivity index (χ4n) is 2.60. The zero-order valence-electron chi connectivity index (χ0n) is 11.8. The standard InChI is InChI=1S/C13H16N4O4S/c1-3-13(20)9(19)7(4-18)21-12(13)17-6-16-8-10(17)14-5-15-11(8)22-2/h3,5-7,9,12,18-20H,1,4H2,2H3/t7-,9-,12-,13-/m1/s1. The van der Waals surface area contributed by atoms with Crippen molar-refractivity contribution in [3.8, 4) is 0 Å². The van der Waals surface area contributed by atoms with E-state index in [9.17, 15) is 15.3 Å². The van der Waals surface area contributed by atoms with Crippen LogP contribution in [0.1, 0.15) is 6.23 Å². The Balaban J connectivity index is 2.12. The maximum atomic E-state index is 10.7. The Morgan fingerprint density at radius 3 is 2.91 bits per heavy atom. The van der Waals surface area contributed by atoms with Crippen molar-refractivity contribution < 1.29 is 20.1 Å². The predicted molar refractivity (Wildman–Crippen MR) is 79.3 cm³/mol. The topological polar surface area (TPSA) is 114 Å². The average molecular weight is 324 g/mol. The van der Waals surface area contributed by atoms with E-state index in [-0.39, 0.29) is 0 Å². The van der Waals surface area contributed by atoms with E-state index in [4.69, 9.17) is 4.74 Å². The molecule has 3 heterocycles. The van der Waals surface area contributed by atoms with Crippen molar-refractivity contribution in [2.75, 3.05) is 12.9 Å². The number of aromatic nitrogens is 4. The molecule has 2 aromatic rings. The van der Waals surface area contributed by atoms with Crippen LogP contribution < -0.4 is 0 Å². The molecule has 0 amide bonds. The lowest BCUT2D eigenvalue weighted by Gasteiger charge is -2.28. The summed E-state index contributed by atoms with van der Waals surface area (Å²) < 4.78 is 7.10. The largest absolute Gasteiger partial charge is 0.394 e. The van der Waals surface area contributed by atoms with Gasteiger partial charge in [0.05, 0.1) is 12.9 Å². The highest BCUT2D eigenvalue weighted by atomic mass is 32.2. The molecule has 2 aromatic heterocycles. The van der Waals surface area contributed by atoms with E-state index in [0.717, 1.165) is 0 Å². The van der Waals surface area contributed by atoms with Crippen LogP contribution in [0.3, 0.4) is 0 Å². The predicted octanol–water partition coefficient (Wildman–Crippen LogP) is -0.284. The molecule has 0 radical (unpaired) electrons. The SMILES string of the molecule is C=C[C@@]1(O)[C@H](O)[C@@H](CO)O[C@H]1n1cnc2c(SC)ncnc21. The second-order valence-corrected chi connectivity index (χ2v) is 5.75. The van der Waals surface area contributed by atoms with Crippen LogP contribution in [0.5, 0.6) is 0 Å². The maximum Gasteiger partial charge on any atom is 0.172 e. The minimum absolute atomic E-state index is 0.425. The van der Waals surface area contributed by atoms with Gasteiger partial charge in [-0.2, -0.15) is 0 Å². The number of imidazole rings is 1. The number of fused-ring (bicyclic) bond motifs is 1. The summed E-state index contributed by atoms with van der Waals surface area (Å²) in [7, 11) is 0. The van der Waals surface area contributed by atoms with Gasteiger partial charge in [0.1, 0.15) is 29.1 Å². The van der Waals surface area contributed by atoms with E-state index in [0.29, 0.717) is 16.2 Å². The Hall–Kier alpha value is -1.52. The van der Waals surface area contributed by atoms with Gasteiger partial charge in [-0.1, -0.05) is 12.7 Å². The normalized spacial score (nSPS) is 31.7. The second-order valence-electron chi connectivity index (χ2n) is 4.95. The van der Waals surface area contributed by atoms with Gasteiger partial charge in [-0.3, -0.25) is 4.57 Å². The van der Waals surface area contributed by atoms with Gasteiger partial charge < -0.3 is 20.1 Å². The molecule has 4 atom stereocenters. The van der Waals surface area contributed by atoms with E-state index in [2.05, 4.69) is 21.5 Å². The van der Waals surface area contributed by atoms with Gasteiger partial charge in [0.25, 0.3) is 0 Å². The summed E-state index contributed by atoms with van der Waals surface area (Å²) in [6.45, 7) is 3.14. The van der Waals surface area contributed by atoms with Crippen molar-refractivity contribution in [2.24, 2.45) is 0 Å². The van der Waals surface area contributed by atoms with E-state index < -0.39 is 30.6 Å². The lowest BCUT2D eigenvalue weighted by molar-refractivity contribution is -0.0771. The smallest absolute Gasteiger partial charge is 0.172 e. The van der Waals surface area contributed by atoms with Crippen LogP contribution in [0.15, 0.2) is 30.3 Å². The number of nitrogens with zero attached hydrogens (tertiary/aromatic N) is 4. The van der Waals surface area contributed by atoms with E-state index in [1.807, 2.05) is 6.26 Å². The lowest BCUT2D eigenvalue weighted by Crippen LogP contribution is -2.45. The molecule has 1 fully saturated rings. The van der Waals surface area contributed by atoms with Gasteiger partial charge in [-0.15, -0.1) is 11.8 Å². The first-order valence-electron chi connectivity index (χ1n) is 6.58. The Morgan fingerprint density at radius 1 is 1.50 bits per heavy atom. The number of rotatable bonds is 4. The molecule has 118 valence electrons. The highest BCUT2D eigenvalue weighted by Gasteiger charge is 2.54. The monoisotopic (exact) mass is 324 g/mol. The maximum absolute atomic E-state index is 10.7. The van der Waals surface area contributed by atoms with Crippen molar-refractivity contribution in [3.05, 3.63) is 25.3 Å². The van der Waals surface area contributed by atoms with Crippen LogP contribution >= 0.6 is 11.8 Å². The van der Waals surface area contributed by atoms with Crippen LogP contribution in [0, 0.1) is 0 Å². The Kier molecular flexibility index (Phi) is 3.91. The first-order chi connectivity index (χ1) is 10.6. The fraction of sp³-hybridized carbons (Fsp3) is 0.462. The summed E-state index contributed by atoms with van der Waals surface area (Å²) in [5, 5.41) is 30.8. The molecule has 22 heavy (non-hydrogen) atoms. The van der Waals surface area contributed by atoms with Gasteiger partial charge in [0.2, 0.25) is 0 Å². The molecule has 0 bridgehead atoms. The first kappa shape index (κ1) is 15.4. The summed E-state index contributed by atoms with van der Waals surface area (Å²) in [6.07, 6.45) is 2.72. The van der Waals surface area contributed by atoms with Crippen LogP contribution in [0.2, 0.25) is 0 Å². The molecule has 0 aromatic carbocycles. The van der Waals surface area contributed by atoms with Crippen molar-refractivity contribution in [2.45, 2.75) is 29.1 Å². The third kappa shape index (κ3) is 2.05. The molecule has 1 aliphatic heterocycles. The molecular formula is C13H16N4O4S. The van der Waals surface area contributed by atoms with Gasteiger partial charge in [0, 0.05) is 0 Å². The van der Waals surface area contributed by atoms with Gasteiger partial charge in [0.15, 0.2) is 17.5 Å². The fourth-order valence-corrected chi connectivity index (χ4v) is 3.09. The summed E-state index contributed by atoms with van der Waals surface area (Å²) in [5.41, 5.74) is -0.715. The molecule has 1 aliphatic rings. The molecule has 3 N–H and O–H groups in total. The van der Waals surface area contributed by atoms with Gasteiger partial charge in [-0.05, 0) is 6.26 Å². The van der Waals surface area contributed by atoms with Crippen LogP contribution in [-0.4, -0.2) is 65.5 Å². The first-order valence-corrected chi connectivity index (χ1v) is 7.81. The zero-order chi connectivity index (χ0) is 15.9. The minimum atomic E-state index is -1.76. The summed E-state index contributed by atoms with van der Waals surface area (Å²) in [4.78, 5) is 12.6. The van der Waals surface area contributed by atoms with Crippen LogP contribution in [-0.2, 0) is 4.74 Å². The number of hydrogen-bond acceptors (Lipinski definition) is 8. The lowest BCUT2D eigenvalue weighted by atomic mass is 9.94. The molecule has 9 heteroatoms. The number of hydrogen-bond donors (Lipinski definition) is 3. The molecule has 8 nitrogen and oxygen atoms in total. The minimum Gasteiger partial charge on any atom is -0.394 e. The van der Waals surface area contributed by atoms with E-state index >= 15 is 0 Å². The van der Waals surface area contributed by atoms with Crippen molar-refractivity contribution in [3.63, 3.8) is 0 Å². The number of aliphatic hydroxyl groups is 3. The number of aliphatic hydroxyl groups excluding tert-OH is 2. The molecule has 3 rings (SSSR count). The van der Waals surface area contributed by atoms with Gasteiger partial charge in [-0.25, -0.2) is 15.0 Å². The van der Waals surface area contributed by atoms with Crippen molar-refractivity contribution in [1.29, 1.82) is 0 Å². The Morgan fingerprint density at radius 2 is 2.27 bits per heavy atom. The third-order valence-corrected chi connectivity index (χ3v) is 4.49. The average Bonchev–Trinajstić information content (AvgIpc) is 3.08. The van der Waals surface area contributed by atoms with E-state index in [1.54, 1.807) is 0 Å². The number of ether oxygens (including phenoxy) is 1. The summed E-state index contributed by atoms with van der Waals surface area (Å²) >= 11 is 1.43. The third-order valence-electron chi connectivity index (χ3n) is 3.80. The zero-order valence-corrected chi connectivity index (χ0v) is 12.6. The molecule has 1 saturated heterocycles. The van der Waals surface area contributed by atoms with E-state index in [1.165, 1.54) is 35.1 Å². The molecule has 0 saturated carbocycles. The van der Waals surface area contributed by atoms with Crippen molar-refractivity contribution >= 4 is 22.9 Å². The van der Waals surface area contributed by atoms with Crippen LogP contribution in [0.25, 0.3) is 11.2 Å².